The molecule has 4 rings (SSSR count). The number of hydrogen-bond acceptors (Lipinski definition) is 6. The highest BCUT2D eigenvalue weighted by molar-refractivity contribution is 6.00. The lowest BCUT2D eigenvalue weighted by atomic mass is 9.76. The molecule has 0 unspecified atom stereocenters. The maximum Gasteiger partial charge on any atom is 0.337 e. The topological polar surface area (TPSA) is 99.0 Å². The molecule has 0 saturated heterocycles. The number of carbonyl (C=O) groups excluding carboxylic acids is 2. The SMILES string of the molecule is COC(=O)c1ccc2c(c1)-n1nnnc1C1(CCC(C)CC1)NC2=O. The van der Waals surface area contributed by atoms with E-state index in [0.29, 0.717) is 28.6 Å². The maximum absolute atomic E-state index is 12.9. The Labute approximate surface area is 144 Å². The predicted octanol–water partition coefficient (Wildman–Crippen LogP) is 1.60. The van der Waals surface area contributed by atoms with E-state index >= 15 is 0 Å². The number of nitrogens with zero attached hydrogens (tertiary/aromatic N) is 4. The minimum Gasteiger partial charge on any atom is -0.465 e. The van der Waals surface area contributed by atoms with Crippen molar-refractivity contribution in [2.45, 2.75) is 38.1 Å². The first kappa shape index (κ1) is 15.7. The molecule has 1 aliphatic carbocycles. The molecule has 0 radical (unpaired) electrons. The van der Waals surface area contributed by atoms with E-state index < -0.39 is 11.5 Å². The van der Waals surface area contributed by atoms with Crippen molar-refractivity contribution in [2.24, 2.45) is 5.92 Å². The molecule has 130 valence electrons. The van der Waals surface area contributed by atoms with E-state index in [1.54, 1.807) is 22.9 Å². The molecule has 2 aliphatic rings. The van der Waals surface area contributed by atoms with E-state index in [2.05, 4.69) is 27.8 Å². The quantitative estimate of drug-likeness (QED) is 0.791. The zero-order chi connectivity index (χ0) is 17.6. The summed E-state index contributed by atoms with van der Waals surface area (Å²) in [5, 5.41) is 15.3. The van der Waals surface area contributed by atoms with E-state index in [0.717, 1.165) is 25.7 Å². The zero-order valence-electron chi connectivity index (χ0n) is 14.2. The van der Waals surface area contributed by atoms with Crippen molar-refractivity contribution in [2.75, 3.05) is 7.11 Å². The molecule has 1 aromatic heterocycles. The molecule has 1 aliphatic heterocycles. The van der Waals surface area contributed by atoms with Crippen molar-refractivity contribution in [1.82, 2.24) is 25.5 Å². The van der Waals surface area contributed by atoms with Gasteiger partial charge in [0.25, 0.3) is 5.91 Å². The van der Waals surface area contributed by atoms with E-state index in [1.165, 1.54) is 7.11 Å². The van der Waals surface area contributed by atoms with Gasteiger partial charge in [0.05, 0.1) is 23.9 Å². The van der Waals surface area contributed by atoms with Crippen LogP contribution in [0.15, 0.2) is 18.2 Å². The van der Waals surface area contributed by atoms with Crippen molar-refractivity contribution in [3.8, 4) is 5.69 Å². The second kappa shape index (κ2) is 5.65. The standard InChI is InChI=1S/C17H19N5O3/c1-10-5-7-17(8-6-10)16-19-20-21-22(16)13-9-11(15(24)25-2)3-4-12(13)14(23)18-17/h3-4,9-10H,5-8H2,1-2H3,(H,18,23). The summed E-state index contributed by atoms with van der Waals surface area (Å²) in [6.45, 7) is 2.21. The van der Waals surface area contributed by atoms with Gasteiger partial charge >= 0.3 is 5.97 Å². The van der Waals surface area contributed by atoms with Crippen molar-refractivity contribution >= 4 is 11.9 Å². The largest absolute Gasteiger partial charge is 0.465 e. The van der Waals surface area contributed by atoms with Gasteiger partial charge in [-0.1, -0.05) is 6.92 Å². The smallest absolute Gasteiger partial charge is 0.337 e. The molecule has 1 saturated carbocycles. The summed E-state index contributed by atoms with van der Waals surface area (Å²) in [6.07, 6.45) is 3.57. The van der Waals surface area contributed by atoms with Crippen LogP contribution in [0.25, 0.3) is 5.69 Å². The van der Waals surface area contributed by atoms with Crippen LogP contribution in [0.2, 0.25) is 0 Å². The lowest BCUT2D eigenvalue weighted by Crippen LogP contribution is -2.48. The molecule has 1 amide bonds. The highest BCUT2D eigenvalue weighted by Gasteiger charge is 2.44. The molecule has 8 heteroatoms. The number of hydrogen-bond donors (Lipinski definition) is 1. The van der Waals surface area contributed by atoms with Gasteiger partial charge in [-0.15, -0.1) is 5.10 Å². The van der Waals surface area contributed by atoms with Crippen LogP contribution in [-0.2, 0) is 10.3 Å². The normalized spacial score (nSPS) is 24.9. The van der Waals surface area contributed by atoms with Crippen LogP contribution in [0, 0.1) is 5.92 Å². The van der Waals surface area contributed by atoms with Gasteiger partial charge in [0.2, 0.25) is 0 Å². The fourth-order valence-electron chi connectivity index (χ4n) is 3.74. The molecule has 25 heavy (non-hydrogen) atoms. The number of fused-ring (bicyclic) bond motifs is 4. The summed E-state index contributed by atoms with van der Waals surface area (Å²) in [7, 11) is 1.32. The van der Waals surface area contributed by atoms with Crippen LogP contribution in [0.3, 0.4) is 0 Å². The average molecular weight is 341 g/mol. The van der Waals surface area contributed by atoms with Gasteiger partial charge in [0.15, 0.2) is 5.82 Å². The summed E-state index contributed by atoms with van der Waals surface area (Å²) in [6, 6.07) is 4.80. The minimum atomic E-state index is -0.572. The monoisotopic (exact) mass is 341 g/mol. The fourth-order valence-corrected chi connectivity index (χ4v) is 3.74. The molecule has 1 N–H and O–H groups in total. The van der Waals surface area contributed by atoms with Gasteiger partial charge in [-0.05, 0) is 60.2 Å². The van der Waals surface area contributed by atoms with Crippen LogP contribution >= 0.6 is 0 Å². The summed E-state index contributed by atoms with van der Waals surface area (Å²) in [4.78, 5) is 24.7. The molecule has 2 aromatic rings. The van der Waals surface area contributed by atoms with Crippen LogP contribution in [0.4, 0.5) is 0 Å². The highest BCUT2D eigenvalue weighted by Crippen LogP contribution is 2.41. The number of amides is 1. The highest BCUT2D eigenvalue weighted by atomic mass is 16.5. The third-order valence-electron chi connectivity index (χ3n) is 5.27. The van der Waals surface area contributed by atoms with E-state index in [4.69, 9.17) is 4.74 Å². The Kier molecular flexibility index (Phi) is 3.55. The molecule has 1 aromatic carbocycles. The first-order valence-electron chi connectivity index (χ1n) is 8.38. The lowest BCUT2D eigenvalue weighted by Gasteiger charge is -2.37. The number of aromatic nitrogens is 4. The Hall–Kier alpha value is -2.77. The summed E-state index contributed by atoms with van der Waals surface area (Å²) in [5.74, 6) is 0.577. The summed E-state index contributed by atoms with van der Waals surface area (Å²) >= 11 is 0. The number of benzene rings is 1. The van der Waals surface area contributed by atoms with Gasteiger partial charge in [-0.3, -0.25) is 4.79 Å². The molecule has 2 heterocycles. The molecule has 1 spiro atoms. The maximum atomic E-state index is 12.9. The molecule has 0 bridgehead atoms. The van der Waals surface area contributed by atoms with Crippen LogP contribution in [0.1, 0.15) is 59.1 Å². The predicted molar refractivity (Wildman–Crippen MR) is 87.3 cm³/mol. The molecule has 8 nitrogen and oxygen atoms in total. The second-order valence-electron chi connectivity index (χ2n) is 6.86. The van der Waals surface area contributed by atoms with Crippen molar-refractivity contribution in [1.29, 1.82) is 0 Å². The van der Waals surface area contributed by atoms with Gasteiger partial charge in [0.1, 0.15) is 5.54 Å². The van der Waals surface area contributed by atoms with E-state index in [-0.39, 0.29) is 5.91 Å². The van der Waals surface area contributed by atoms with Gasteiger partial charge in [0, 0.05) is 0 Å². The summed E-state index contributed by atoms with van der Waals surface area (Å²) in [5.41, 5.74) is 0.716. The average Bonchev–Trinajstić information content (AvgIpc) is 3.10. The third-order valence-corrected chi connectivity index (χ3v) is 5.27. The fraction of sp³-hybridized carbons (Fsp3) is 0.471. The molecular formula is C17H19N5O3. The van der Waals surface area contributed by atoms with Gasteiger partial charge < -0.3 is 10.1 Å². The number of tetrazole rings is 1. The number of nitrogens with one attached hydrogen (secondary N) is 1. The van der Waals surface area contributed by atoms with Gasteiger partial charge in [-0.2, -0.15) is 4.68 Å². The minimum absolute atomic E-state index is 0.187. The number of carbonyl (C=O) groups is 2. The summed E-state index contributed by atoms with van der Waals surface area (Å²) < 4.78 is 6.36. The first-order chi connectivity index (χ1) is 12.0. The first-order valence-corrected chi connectivity index (χ1v) is 8.38. The Morgan fingerprint density at radius 2 is 2.12 bits per heavy atom. The third kappa shape index (κ3) is 2.40. The van der Waals surface area contributed by atoms with Crippen molar-refractivity contribution in [3.63, 3.8) is 0 Å². The zero-order valence-corrected chi connectivity index (χ0v) is 14.2. The molecule has 1 fully saturated rings. The van der Waals surface area contributed by atoms with E-state index in [9.17, 15) is 9.59 Å². The second-order valence-corrected chi connectivity index (χ2v) is 6.86. The number of ether oxygens (including phenoxy) is 1. The van der Waals surface area contributed by atoms with Crippen LogP contribution < -0.4 is 5.32 Å². The van der Waals surface area contributed by atoms with Crippen LogP contribution in [0.5, 0.6) is 0 Å². The number of rotatable bonds is 1. The van der Waals surface area contributed by atoms with Crippen LogP contribution in [-0.4, -0.2) is 39.2 Å². The molecule has 0 atom stereocenters. The Bertz CT molecular complexity index is 852. The number of esters is 1. The van der Waals surface area contributed by atoms with E-state index in [1.807, 2.05) is 0 Å². The Morgan fingerprint density at radius 1 is 1.36 bits per heavy atom. The van der Waals surface area contributed by atoms with Gasteiger partial charge in [-0.25, -0.2) is 4.79 Å². The Balaban J connectivity index is 1.88. The lowest BCUT2D eigenvalue weighted by molar-refractivity contribution is 0.0600. The number of methoxy groups -OCH3 is 1. The molecular weight excluding hydrogens is 322 g/mol. The Morgan fingerprint density at radius 3 is 2.84 bits per heavy atom. The van der Waals surface area contributed by atoms with Crippen molar-refractivity contribution < 1.29 is 14.3 Å². The van der Waals surface area contributed by atoms with Crippen molar-refractivity contribution in [3.05, 3.63) is 35.2 Å².